The summed E-state index contributed by atoms with van der Waals surface area (Å²) in [4.78, 5) is 5.78. The van der Waals surface area contributed by atoms with Crippen LogP contribution in [0.15, 0.2) is 33.7 Å². The highest BCUT2D eigenvalue weighted by Crippen LogP contribution is 2.34. The number of nitrogens with zero attached hydrogens (tertiary/aromatic N) is 2. The maximum Gasteiger partial charge on any atom is 0.228 e. The first-order chi connectivity index (χ1) is 10.3. The zero-order valence-corrected chi connectivity index (χ0v) is 13.3. The fourth-order valence-corrected chi connectivity index (χ4v) is 2.96. The molecule has 1 fully saturated rings. The maximum absolute atomic E-state index is 5.42. The minimum absolute atomic E-state index is 0.474. The van der Waals surface area contributed by atoms with Crippen molar-refractivity contribution < 1.29 is 4.52 Å². The zero-order chi connectivity index (χ0) is 14.7. The Balaban J connectivity index is 1.69. The molecule has 0 aliphatic heterocycles. The molecule has 1 unspecified atom stereocenters. The molecule has 112 valence electrons. The van der Waals surface area contributed by atoms with Crippen LogP contribution in [-0.4, -0.2) is 29.0 Å². The van der Waals surface area contributed by atoms with E-state index in [1.54, 1.807) is 11.8 Å². The maximum atomic E-state index is 5.42. The highest BCUT2D eigenvalue weighted by Gasteiger charge is 2.31. The van der Waals surface area contributed by atoms with E-state index in [2.05, 4.69) is 40.8 Å². The van der Waals surface area contributed by atoms with Crippen molar-refractivity contribution >= 4 is 11.8 Å². The third-order valence-electron chi connectivity index (χ3n) is 3.87. The van der Waals surface area contributed by atoms with Gasteiger partial charge in [0.1, 0.15) is 0 Å². The van der Waals surface area contributed by atoms with E-state index in [0.717, 1.165) is 30.3 Å². The summed E-state index contributed by atoms with van der Waals surface area (Å²) in [6.45, 7) is 3.13. The van der Waals surface area contributed by atoms with Crippen molar-refractivity contribution in [2.75, 3.05) is 12.8 Å². The van der Waals surface area contributed by atoms with E-state index in [1.165, 1.54) is 17.7 Å². The van der Waals surface area contributed by atoms with Crippen LogP contribution in [0.25, 0.3) is 11.4 Å². The van der Waals surface area contributed by atoms with Gasteiger partial charge in [0, 0.05) is 22.9 Å². The summed E-state index contributed by atoms with van der Waals surface area (Å²) in [7, 11) is 0. The van der Waals surface area contributed by atoms with Crippen LogP contribution in [0.3, 0.4) is 0 Å². The minimum atomic E-state index is 0.474. The molecule has 1 heterocycles. The summed E-state index contributed by atoms with van der Waals surface area (Å²) >= 11 is 1.73. The molecule has 5 heteroatoms. The number of nitrogens with one attached hydrogen (secondary N) is 1. The van der Waals surface area contributed by atoms with Crippen molar-refractivity contribution in [1.29, 1.82) is 0 Å². The fraction of sp³-hybridized carbons (Fsp3) is 0.500. The van der Waals surface area contributed by atoms with E-state index in [1.807, 2.05) is 12.1 Å². The van der Waals surface area contributed by atoms with E-state index < -0.39 is 0 Å². The molecular formula is C16H21N3OS. The van der Waals surface area contributed by atoms with Gasteiger partial charge in [-0.05, 0) is 55.8 Å². The smallest absolute Gasteiger partial charge is 0.228 e. The summed E-state index contributed by atoms with van der Waals surface area (Å²) in [5.74, 6) is 2.20. The largest absolute Gasteiger partial charge is 0.339 e. The molecule has 2 aromatic rings. The van der Waals surface area contributed by atoms with E-state index in [0.29, 0.717) is 11.9 Å². The topological polar surface area (TPSA) is 51.0 Å². The van der Waals surface area contributed by atoms with Crippen LogP contribution in [0.5, 0.6) is 0 Å². The lowest BCUT2D eigenvalue weighted by atomic mass is 10.1. The first-order valence-corrected chi connectivity index (χ1v) is 8.73. The van der Waals surface area contributed by atoms with Gasteiger partial charge in [-0.15, -0.1) is 11.8 Å². The van der Waals surface area contributed by atoms with Gasteiger partial charge in [0.2, 0.25) is 11.7 Å². The molecule has 0 bridgehead atoms. The van der Waals surface area contributed by atoms with Gasteiger partial charge in [-0.1, -0.05) is 12.1 Å². The molecule has 1 aliphatic carbocycles. The van der Waals surface area contributed by atoms with E-state index >= 15 is 0 Å². The molecule has 1 aliphatic rings. The quantitative estimate of drug-likeness (QED) is 0.795. The van der Waals surface area contributed by atoms with E-state index in [-0.39, 0.29) is 0 Å². The van der Waals surface area contributed by atoms with Gasteiger partial charge >= 0.3 is 0 Å². The van der Waals surface area contributed by atoms with Gasteiger partial charge < -0.3 is 9.84 Å². The Hall–Kier alpha value is -1.33. The Morgan fingerprint density at radius 3 is 2.71 bits per heavy atom. The Kier molecular flexibility index (Phi) is 4.60. The van der Waals surface area contributed by atoms with Crippen LogP contribution in [0.2, 0.25) is 0 Å². The number of hydrogen-bond acceptors (Lipinski definition) is 5. The van der Waals surface area contributed by atoms with Gasteiger partial charge in [-0.3, -0.25) is 0 Å². The molecular weight excluding hydrogens is 282 g/mol. The SMILES string of the molecule is CCNC(Cc1nc(-c2ccc(SC)cc2)no1)C1CC1. The van der Waals surface area contributed by atoms with Gasteiger partial charge in [0.05, 0.1) is 0 Å². The molecule has 0 radical (unpaired) electrons. The molecule has 1 aromatic heterocycles. The average Bonchev–Trinajstić information content (AvgIpc) is 3.27. The Morgan fingerprint density at radius 1 is 1.33 bits per heavy atom. The van der Waals surface area contributed by atoms with Crippen LogP contribution < -0.4 is 5.32 Å². The lowest BCUT2D eigenvalue weighted by molar-refractivity contribution is 0.348. The van der Waals surface area contributed by atoms with Crippen LogP contribution in [0, 0.1) is 5.92 Å². The van der Waals surface area contributed by atoms with Crippen molar-refractivity contribution in [1.82, 2.24) is 15.5 Å². The number of hydrogen-bond donors (Lipinski definition) is 1. The molecule has 1 atom stereocenters. The lowest BCUT2D eigenvalue weighted by Gasteiger charge is -2.14. The van der Waals surface area contributed by atoms with Crippen LogP contribution >= 0.6 is 11.8 Å². The molecule has 1 saturated carbocycles. The van der Waals surface area contributed by atoms with Crippen molar-refractivity contribution in [3.05, 3.63) is 30.2 Å². The van der Waals surface area contributed by atoms with Crippen LogP contribution in [-0.2, 0) is 6.42 Å². The second kappa shape index (κ2) is 6.62. The second-order valence-corrected chi connectivity index (χ2v) is 6.33. The molecule has 4 nitrogen and oxygen atoms in total. The highest BCUT2D eigenvalue weighted by atomic mass is 32.2. The fourth-order valence-electron chi connectivity index (χ4n) is 2.55. The summed E-state index contributed by atoms with van der Waals surface area (Å²) in [6, 6.07) is 8.73. The zero-order valence-electron chi connectivity index (χ0n) is 12.5. The Morgan fingerprint density at radius 2 is 2.10 bits per heavy atom. The third kappa shape index (κ3) is 3.66. The first kappa shape index (κ1) is 14.6. The van der Waals surface area contributed by atoms with Crippen molar-refractivity contribution in [2.24, 2.45) is 5.92 Å². The highest BCUT2D eigenvalue weighted by molar-refractivity contribution is 7.98. The van der Waals surface area contributed by atoms with Crippen molar-refractivity contribution in [3.8, 4) is 11.4 Å². The molecule has 0 amide bonds. The monoisotopic (exact) mass is 303 g/mol. The Bertz CT molecular complexity index is 577. The predicted molar refractivity (Wildman–Crippen MR) is 85.4 cm³/mol. The molecule has 0 spiro atoms. The standard InChI is InChI=1S/C16H21N3OS/c1-3-17-14(11-4-5-11)10-15-18-16(19-20-15)12-6-8-13(21-2)9-7-12/h6-9,11,14,17H,3-5,10H2,1-2H3. The van der Waals surface area contributed by atoms with Crippen molar-refractivity contribution in [3.63, 3.8) is 0 Å². The van der Waals surface area contributed by atoms with Gasteiger partial charge in [0.25, 0.3) is 0 Å². The van der Waals surface area contributed by atoms with Gasteiger partial charge in [-0.2, -0.15) is 4.98 Å². The summed E-state index contributed by atoms with van der Waals surface area (Å²) in [5.41, 5.74) is 1.01. The van der Waals surface area contributed by atoms with Crippen molar-refractivity contribution in [2.45, 2.75) is 37.1 Å². The van der Waals surface area contributed by atoms with Gasteiger partial charge in [-0.25, -0.2) is 0 Å². The number of benzene rings is 1. The summed E-state index contributed by atoms with van der Waals surface area (Å²) < 4.78 is 5.42. The van der Waals surface area contributed by atoms with E-state index in [4.69, 9.17) is 4.52 Å². The van der Waals surface area contributed by atoms with Gasteiger partial charge in [0.15, 0.2) is 0 Å². The second-order valence-electron chi connectivity index (χ2n) is 5.45. The summed E-state index contributed by atoms with van der Waals surface area (Å²) in [6.07, 6.45) is 5.53. The first-order valence-electron chi connectivity index (χ1n) is 7.50. The molecule has 1 N–H and O–H groups in total. The number of rotatable bonds is 7. The number of thioether (sulfide) groups is 1. The normalized spacial score (nSPS) is 16.1. The minimum Gasteiger partial charge on any atom is -0.339 e. The number of aromatic nitrogens is 2. The number of likely N-dealkylation sites (N-methyl/N-ethyl adjacent to an activating group) is 1. The summed E-state index contributed by atoms with van der Waals surface area (Å²) in [5, 5.41) is 7.64. The predicted octanol–water partition coefficient (Wildman–Crippen LogP) is 3.39. The lowest BCUT2D eigenvalue weighted by Crippen LogP contribution is -2.33. The third-order valence-corrected chi connectivity index (χ3v) is 4.61. The van der Waals surface area contributed by atoms with E-state index in [9.17, 15) is 0 Å². The molecule has 3 rings (SSSR count). The van der Waals surface area contributed by atoms with Crippen LogP contribution in [0.1, 0.15) is 25.7 Å². The average molecular weight is 303 g/mol. The molecule has 0 saturated heterocycles. The Labute approximate surface area is 129 Å². The molecule has 1 aromatic carbocycles. The van der Waals surface area contributed by atoms with Crippen LogP contribution in [0.4, 0.5) is 0 Å². The molecule has 21 heavy (non-hydrogen) atoms.